The van der Waals surface area contributed by atoms with Crippen molar-refractivity contribution in [3.63, 3.8) is 0 Å². The lowest BCUT2D eigenvalue weighted by Gasteiger charge is -2.05. The van der Waals surface area contributed by atoms with Gasteiger partial charge in [0.2, 0.25) is 0 Å². The molecule has 0 atom stereocenters. The molecule has 0 bridgehead atoms. The molecule has 0 fully saturated rings. The number of nitrogen functional groups attached to an aromatic ring is 2. The predicted octanol–water partition coefficient (Wildman–Crippen LogP) is 0.101. The van der Waals surface area contributed by atoms with Gasteiger partial charge in [0.05, 0.1) is 0 Å². The molecule has 90 valence electrons. The van der Waals surface area contributed by atoms with Gasteiger partial charge in [0, 0.05) is 21.4 Å². The molecule has 0 spiro atoms. The van der Waals surface area contributed by atoms with Gasteiger partial charge in [-0.2, -0.15) is 0 Å². The fourth-order valence-electron chi connectivity index (χ4n) is 0.897. The van der Waals surface area contributed by atoms with E-state index in [0.717, 1.165) is 0 Å². The van der Waals surface area contributed by atoms with Gasteiger partial charge in [0.25, 0.3) is 18.1 Å². The summed E-state index contributed by atoms with van der Waals surface area (Å²) in [7, 11) is 1.57. The fourth-order valence-corrected chi connectivity index (χ4v) is 2.82. The quantitative estimate of drug-likeness (QED) is 0.740. The molecule has 1 aromatic heterocycles. The Bertz CT molecular complexity index is 587. The molecule has 0 aliphatic rings. The van der Waals surface area contributed by atoms with E-state index in [2.05, 4.69) is 4.98 Å². The van der Waals surface area contributed by atoms with Gasteiger partial charge >= 0.3 is 0 Å². The summed E-state index contributed by atoms with van der Waals surface area (Å²) >= 11 is 0. The van der Waals surface area contributed by atoms with Crippen molar-refractivity contribution in [3.8, 4) is 0 Å². The second-order valence-corrected chi connectivity index (χ2v) is 7.70. The maximum Gasteiger partial charge on any atom is 0.265 e. The van der Waals surface area contributed by atoms with Crippen molar-refractivity contribution in [3.05, 3.63) is 6.07 Å². The van der Waals surface area contributed by atoms with E-state index in [-0.39, 0.29) is 0 Å². The Balaban J connectivity index is 3.72. The second-order valence-electron chi connectivity index (χ2n) is 2.63. The molecule has 4 N–H and O–H groups in total. The molecule has 0 unspecified atom stereocenters. The first-order valence-corrected chi connectivity index (χ1v) is 8.10. The monoisotopic (exact) mass is 305 g/mol. The minimum atomic E-state index is -4.23. The van der Waals surface area contributed by atoms with Gasteiger partial charge in [-0.15, -0.1) is 0 Å². The Kier molecular flexibility index (Phi) is 3.25. The van der Waals surface area contributed by atoms with Crippen molar-refractivity contribution in [2.24, 2.45) is 0 Å². The molecule has 0 saturated carbocycles. The van der Waals surface area contributed by atoms with Crippen LogP contribution >= 0.6 is 21.4 Å². The number of nitrogens with two attached hydrogens (primary N) is 2. The van der Waals surface area contributed by atoms with Crippen molar-refractivity contribution in [2.75, 3.05) is 11.5 Å². The Hall–Kier alpha value is -0.770. The average Bonchev–Trinajstić information content (AvgIpc) is 1.97. The first-order valence-electron chi connectivity index (χ1n) is 3.49. The molecule has 1 rings (SSSR count). The van der Waals surface area contributed by atoms with Crippen LogP contribution < -0.4 is 11.5 Å². The van der Waals surface area contributed by atoms with E-state index >= 15 is 0 Å². The van der Waals surface area contributed by atoms with Crippen molar-refractivity contribution < 1.29 is 16.8 Å². The lowest BCUT2D eigenvalue weighted by atomic mass is 10.4. The Morgan fingerprint density at radius 1 is 0.938 bits per heavy atom. The van der Waals surface area contributed by atoms with Gasteiger partial charge in [0.1, 0.15) is 21.4 Å². The maximum absolute atomic E-state index is 11.0. The van der Waals surface area contributed by atoms with E-state index in [4.69, 9.17) is 32.8 Å². The van der Waals surface area contributed by atoms with Gasteiger partial charge in [-0.25, -0.2) is 21.8 Å². The van der Waals surface area contributed by atoms with Crippen molar-refractivity contribution in [2.45, 2.75) is 9.79 Å². The highest BCUT2D eigenvalue weighted by Crippen LogP contribution is 2.29. The maximum atomic E-state index is 11.0. The van der Waals surface area contributed by atoms with Gasteiger partial charge in [-0.05, 0) is 6.07 Å². The normalized spacial score (nSPS) is 12.6. The van der Waals surface area contributed by atoms with E-state index in [1.165, 1.54) is 0 Å². The van der Waals surface area contributed by atoms with Crippen LogP contribution in [0.15, 0.2) is 15.9 Å². The molecule has 0 saturated heterocycles. The van der Waals surface area contributed by atoms with Crippen LogP contribution in [0.5, 0.6) is 0 Å². The highest BCUT2D eigenvalue weighted by atomic mass is 35.7. The Morgan fingerprint density at radius 2 is 1.25 bits per heavy atom. The molecule has 7 nitrogen and oxygen atoms in total. The van der Waals surface area contributed by atoms with Crippen LogP contribution in [0.25, 0.3) is 0 Å². The minimum Gasteiger partial charge on any atom is -0.383 e. The highest BCUT2D eigenvalue weighted by molar-refractivity contribution is 8.14. The third-order valence-electron chi connectivity index (χ3n) is 1.53. The number of aromatic nitrogens is 1. The lowest BCUT2D eigenvalue weighted by Crippen LogP contribution is -2.08. The average molecular weight is 306 g/mol. The molecule has 0 radical (unpaired) electrons. The highest BCUT2D eigenvalue weighted by Gasteiger charge is 2.23. The summed E-state index contributed by atoms with van der Waals surface area (Å²) in [5.41, 5.74) is 10.5. The summed E-state index contributed by atoms with van der Waals surface area (Å²) in [5, 5.41) is 0. The molecule has 1 aromatic rings. The number of hydrogen-bond donors (Lipinski definition) is 2. The van der Waals surface area contributed by atoms with Crippen LogP contribution in [0.2, 0.25) is 0 Å². The van der Waals surface area contributed by atoms with Gasteiger partial charge in [-0.3, -0.25) is 0 Å². The van der Waals surface area contributed by atoms with E-state index in [1.807, 2.05) is 0 Å². The zero-order valence-corrected chi connectivity index (χ0v) is 10.5. The molecular formula is C5H5Cl2N3O4S2. The van der Waals surface area contributed by atoms with E-state index in [0.29, 0.717) is 6.07 Å². The first-order chi connectivity index (χ1) is 7.03. The molecular weight excluding hydrogens is 301 g/mol. The zero-order valence-electron chi connectivity index (χ0n) is 7.38. The summed E-state index contributed by atoms with van der Waals surface area (Å²) in [6, 6.07) is 0.655. The number of pyridine rings is 1. The zero-order chi connectivity index (χ0) is 12.7. The van der Waals surface area contributed by atoms with Crippen LogP contribution in [-0.2, 0) is 18.1 Å². The van der Waals surface area contributed by atoms with Crippen LogP contribution in [0.3, 0.4) is 0 Å². The number of hydrogen-bond acceptors (Lipinski definition) is 7. The van der Waals surface area contributed by atoms with Crippen LogP contribution in [0.4, 0.5) is 11.6 Å². The topological polar surface area (TPSA) is 133 Å². The number of nitrogens with zero attached hydrogens (tertiary/aromatic N) is 1. The number of rotatable bonds is 2. The molecule has 0 aliphatic carbocycles. The molecule has 0 aliphatic heterocycles. The smallest absolute Gasteiger partial charge is 0.265 e. The first kappa shape index (κ1) is 13.3. The Labute approximate surface area is 100 Å². The lowest BCUT2D eigenvalue weighted by molar-refractivity contribution is 0.608. The molecule has 16 heavy (non-hydrogen) atoms. The van der Waals surface area contributed by atoms with Crippen molar-refractivity contribution >= 4 is 51.1 Å². The summed E-state index contributed by atoms with van der Waals surface area (Å²) in [4.78, 5) is 2.01. The number of anilines is 2. The van der Waals surface area contributed by atoms with Crippen molar-refractivity contribution in [1.29, 1.82) is 0 Å². The van der Waals surface area contributed by atoms with Gasteiger partial charge in [-0.1, -0.05) is 0 Å². The van der Waals surface area contributed by atoms with Crippen LogP contribution in [0.1, 0.15) is 0 Å². The summed E-state index contributed by atoms with van der Waals surface area (Å²) in [6.07, 6.45) is 0. The van der Waals surface area contributed by atoms with E-state index < -0.39 is 39.5 Å². The molecule has 1 heterocycles. The third kappa shape index (κ3) is 2.67. The summed E-state index contributed by atoms with van der Waals surface area (Å²) in [5.74, 6) is -1.01. The van der Waals surface area contributed by atoms with E-state index in [1.54, 1.807) is 0 Å². The minimum absolute atomic E-state index is 0.503. The molecule has 0 amide bonds. The summed E-state index contributed by atoms with van der Waals surface area (Å²) < 4.78 is 44.0. The van der Waals surface area contributed by atoms with Gasteiger partial charge in [0.15, 0.2) is 0 Å². The molecule has 11 heteroatoms. The van der Waals surface area contributed by atoms with Crippen LogP contribution in [0, 0.1) is 0 Å². The Morgan fingerprint density at radius 3 is 1.50 bits per heavy atom. The fraction of sp³-hybridized carbons (Fsp3) is 0. The van der Waals surface area contributed by atoms with E-state index in [9.17, 15) is 16.8 Å². The largest absolute Gasteiger partial charge is 0.383 e. The second kappa shape index (κ2) is 3.91. The molecule has 0 aromatic carbocycles. The summed E-state index contributed by atoms with van der Waals surface area (Å²) in [6.45, 7) is 0. The number of halogens is 2. The van der Waals surface area contributed by atoms with Crippen molar-refractivity contribution in [1.82, 2.24) is 4.98 Å². The third-order valence-corrected chi connectivity index (χ3v) is 4.24. The standard InChI is InChI=1S/C5H5Cl2N3O4S2/c6-15(11,12)2-1-3(16(7,13)14)5(9)10-4(2)8/h1H,(H4,8,9,10). The SMILES string of the molecule is Nc1nc(N)c(S(=O)(=O)Cl)cc1S(=O)(=O)Cl. The van der Waals surface area contributed by atoms with Crippen LogP contribution in [-0.4, -0.2) is 21.8 Å². The predicted molar refractivity (Wildman–Crippen MR) is 59.1 cm³/mol. The van der Waals surface area contributed by atoms with Gasteiger partial charge < -0.3 is 11.5 Å².